The first-order valence-electron chi connectivity index (χ1n) is 6.76. The first kappa shape index (κ1) is 12.7. The van der Waals surface area contributed by atoms with E-state index < -0.39 is 0 Å². The Balaban J connectivity index is 2.02. The number of benzene rings is 1. The molecule has 0 aliphatic carbocycles. The molecule has 3 rings (SSSR count). The van der Waals surface area contributed by atoms with Crippen LogP contribution in [0.15, 0.2) is 28.7 Å². The van der Waals surface area contributed by atoms with Crippen molar-refractivity contribution in [2.75, 3.05) is 13.1 Å². The highest BCUT2D eigenvalue weighted by Crippen LogP contribution is 2.20. The second kappa shape index (κ2) is 5.00. The maximum Gasteiger partial charge on any atom is 0.259 e. The summed E-state index contributed by atoms with van der Waals surface area (Å²) in [5, 5.41) is 18.0. The van der Waals surface area contributed by atoms with Gasteiger partial charge in [0.05, 0.1) is 0 Å². The third-order valence-electron chi connectivity index (χ3n) is 3.63. The molecule has 20 heavy (non-hydrogen) atoms. The lowest BCUT2D eigenvalue weighted by Crippen LogP contribution is -2.37. The van der Waals surface area contributed by atoms with E-state index in [1.165, 1.54) is 12.1 Å². The minimum atomic E-state index is -0.154. The van der Waals surface area contributed by atoms with Gasteiger partial charge in [-0.05, 0) is 37.5 Å². The lowest BCUT2D eigenvalue weighted by atomic mass is 10.1. The molecule has 0 spiro atoms. The third kappa shape index (κ3) is 2.27. The van der Waals surface area contributed by atoms with E-state index in [0.717, 1.165) is 32.4 Å². The Kier molecular flexibility index (Phi) is 3.18. The van der Waals surface area contributed by atoms with Crippen molar-refractivity contribution in [3.05, 3.63) is 35.4 Å². The molecular formula is C15H16N2O3. The number of phenolic OH excluding ortho intramolecular Hbond substituents is 1. The molecule has 5 heteroatoms. The van der Waals surface area contributed by atoms with Crippen molar-refractivity contribution >= 4 is 16.9 Å². The van der Waals surface area contributed by atoms with Crippen molar-refractivity contribution in [2.45, 2.75) is 19.3 Å². The van der Waals surface area contributed by atoms with Crippen LogP contribution in [-0.2, 0) is 0 Å². The number of rotatable bonds is 1. The summed E-state index contributed by atoms with van der Waals surface area (Å²) in [6.07, 6.45) is 3.17. The molecule has 104 valence electrons. The summed E-state index contributed by atoms with van der Waals surface area (Å²) in [5.41, 5.74) is 0.536. The fourth-order valence-corrected chi connectivity index (χ4v) is 2.54. The molecule has 1 fully saturated rings. The van der Waals surface area contributed by atoms with Gasteiger partial charge in [0.25, 0.3) is 5.91 Å². The van der Waals surface area contributed by atoms with Crippen LogP contribution in [0.2, 0.25) is 0 Å². The molecule has 2 N–H and O–H groups in total. The predicted molar refractivity (Wildman–Crippen MR) is 73.5 cm³/mol. The molecule has 2 aromatic rings. The summed E-state index contributed by atoms with van der Waals surface area (Å²) in [7, 11) is 0. The number of nitrogens with zero attached hydrogens (tertiary/aromatic N) is 1. The molecule has 0 unspecified atom stereocenters. The lowest BCUT2D eigenvalue weighted by Gasteiger charge is -2.26. The first-order valence-corrected chi connectivity index (χ1v) is 6.76. The highest BCUT2D eigenvalue weighted by molar-refractivity contribution is 5.96. The van der Waals surface area contributed by atoms with E-state index in [1.807, 2.05) is 0 Å². The second-order valence-electron chi connectivity index (χ2n) is 5.06. The highest BCUT2D eigenvalue weighted by Gasteiger charge is 2.20. The minimum Gasteiger partial charge on any atom is -0.508 e. The van der Waals surface area contributed by atoms with Crippen molar-refractivity contribution in [3.8, 4) is 5.75 Å². The van der Waals surface area contributed by atoms with Crippen LogP contribution >= 0.6 is 0 Å². The van der Waals surface area contributed by atoms with Crippen molar-refractivity contribution < 1.29 is 14.3 Å². The zero-order chi connectivity index (χ0) is 14.1. The zero-order valence-corrected chi connectivity index (χ0v) is 11.1. The highest BCUT2D eigenvalue weighted by atomic mass is 16.3. The molecule has 1 amide bonds. The largest absolute Gasteiger partial charge is 0.508 e. The quantitative estimate of drug-likeness (QED) is 0.835. The summed E-state index contributed by atoms with van der Waals surface area (Å²) in [4.78, 5) is 14.2. The number of hydrogen-bond donors (Lipinski definition) is 2. The minimum absolute atomic E-state index is 0.0794. The Hall–Kier alpha value is -2.30. The van der Waals surface area contributed by atoms with Crippen LogP contribution in [0.3, 0.4) is 0 Å². The average molecular weight is 272 g/mol. The Labute approximate surface area is 116 Å². The number of nitrogens with one attached hydrogen (secondary N) is 1. The Morgan fingerprint density at radius 1 is 1.20 bits per heavy atom. The van der Waals surface area contributed by atoms with E-state index in [2.05, 4.69) is 0 Å². The number of hydrogen-bond acceptors (Lipinski definition) is 4. The fraction of sp³-hybridized carbons (Fsp3) is 0.333. The topological polar surface area (TPSA) is 77.5 Å². The molecule has 1 aromatic carbocycles. The van der Waals surface area contributed by atoms with Crippen molar-refractivity contribution in [2.24, 2.45) is 0 Å². The number of fused-ring (bicyclic) bond motifs is 1. The molecule has 1 aromatic heterocycles. The number of carbonyl (C=O) groups excluding carboxylic acids is 1. The van der Waals surface area contributed by atoms with Gasteiger partial charge in [0, 0.05) is 24.5 Å². The standard InChI is InChI=1S/C15H16N2O3/c16-14-12(15(19)17-6-2-1-3-7-17)8-10-4-5-11(18)9-13(10)20-14/h4-5,8-9,16,18H,1-3,6-7H2. The Morgan fingerprint density at radius 2 is 1.95 bits per heavy atom. The molecule has 1 saturated heterocycles. The molecule has 5 nitrogen and oxygen atoms in total. The van der Waals surface area contributed by atoms with E-state index in [4.69, 9.17) is 9.83 Å². The van der Waals surface area contributed by atoms with E-state index in [9.17, 15) is 9.90 Å². The van der Waals surface area contributed by atoms with Crippen molar-refractivity contribution in [1.29, 1.82) is 5.41 Å². The summed E-state index contributed by atoms with van der Waals surface area (Å²) in [5.74, 6) is -0.0656. The van der Waals surface area contributed by atoms with Gasteiger partial charge in [-0.15, -0.1) is 0 Å². The van der Waals surface area contributed by atoms with E-state index >= 15 is 0 Å². The number of amides is 1. The van der Waals surface area contributed by atoms with Crippen LogP contribution in [0.25, 0.3) is 11.0 Å². The van der Waals surface area contributed by atoms with E-state index in [-0.39, 0.29) is 22.8 Å². The van der Waals surface area contributed by atoms with Gasteiger partial charge in [-0.3, -0.25) is 10.2 Å². The van der Waals surface area contributed by atoms with Gasteiger partial charge < -0.3 is 14.4 Å². The monoisotopic (exact) mass is 272 g/mol. The van der Waals surface area contributed by atoms with Crippen LogP contribution in [0.4, 0.5) is 0 Å². The molecule has 0 atom stereocenters. The SMILES string of the molecule is N=c1oc2cc(O)ccc2cc1C(=O)N1CCCCC1. The number of phenols is 1. The molecule has 2 heterocycles. The summed E-state index contributed by atoms with van der Waals surface area (Å²) >= 11 is 0. The summed E-state index contributed by atoms with van der Waals surface area (Å²) < 4.78 is 5.34. The molecule has 0 radical (unpaired) electrons. The van der Waals surface area contributed by atoms with E-state index in [0.29, 0.717) is 11.0 Å². The maximum atomic E-state index is 12.4. The number of piperidine rings is 1. The normalized spacial score (nSPS) is 15.5. The molecule has 0 saturated carbocycles. The van der Waals surface area contributed by atoms with Crippen LogP contribution in [0.1, 0.15) is 29.6 Å². The Bertz CT molecular complexity index is 715. The first-order chi connectivity index (χ1) is 9.65. The molecule has 0 bridgehead atoms. The van der Waals surface area contributed by atoms with Gasteiger partial charge in [0.1, 0.15) is 16.9 Å². The fourth-order valence-electron chi connectivity index (χ4n) is 2.54. The maximum absolute atomic E-state index is 12.4. The third-order valence-corrected chi connectivity index (χ3v) is 3.63. The van der Waals surface area contributed by atoms with Crippen molar-refractivity contribution in [1.82, 2.24) is 4.90 Å². The molecule has 1 aliphatic heterocycles. The van der Waals surface area contributed by atoms with Gasteiger partial charge in [-0.2, -0.15) is 0 Å². The van der Waals surface area contributed by atoms with Crippen LogP contribution in [0.5, 0.6) is 5.75 Å². The van der Waals surface area contributed by atoms with Gasteiger partial charge in [-0.25, -0.2) is 0 Å². The van der Waals surface area contributed by atoms with Crippen LogP contribution in [-0.4, -0.2) is 29.0 Å². The van der Waals surface area contributed by atoms with Crippen molar-refractivity contribution in [3.63, 3.8) is 0 Å². The van der Waals surface area contributed by atoms with Gasteiger partial charge in [-0.1, -0.05) is 0 Å². The smallest absolute Gasteiger partial charge is 0.259 e. The van der Waals surface area contributed by atoms with Crippen LogP contribution in [0, 0.1) is 5.41 Å². The second-order valence-corrected chi connectivity index (χ2v) is 5.06. The molecule has 1 aliphatic rings. The van der Waals surface area contributed by atoms with Gasteiger partial charge in [0.15, 0.2) is 0 Å². The number of likely N-dealkylation sites (tertiary alicyclic amines) is 1. The predicted octanol–water partition coefficient (Wildman–Crippen LogP) is 2.24. The zero-order valence-electron chi connectivity index (χ0n) is 11.1. The van der Waals surface area contributed by atoms with Gasteiger partial charge in [0.2, 0.25) is 5.55 Å². The average Bonchev–Trinajstić information content (AvgIpc) is 2.46. The molecular weight excluding hydrogens is 256 g/mol. The van der Waals surface area contributed by atoms with Crippen LogP contribution < -0.4 is 5.55 Å². The summed E-state index contributed by atoms with van der Waals surface area (Å²) in [6, 6.07) is 6.33. The number of carbonyl (C=O) groups is 1. The number of aromatic hydroxyl groups is 1. The van der Waals surface area contributed by atoms with Gasteiger partial charge >= 0.3 is 0 Å². The Morgan fingerprint density at radius 3 is 2.70 bits per heavy atom. The lowest BCUT2D eigenvalue weighted by molar-refractivity contribution is 0.0719. The summed E-state index contributed by atoms with van der Waals surface area (Å²) in [6.45, 7) is 1.48. The van der Waals surface area contributed by atoms with E-state index in [1.54, 1.807) is 17.0 Å².